The average molecular weight is 297 g/mol. The first kappa shape index (κ1) is 15.0. The highest BCUT2D eigenvalue weighted by Gasteiger charge is 2.22. The SMILES string of the molecule is Cc1oc(C)c(C(Cc2c(F)cccc2Cl)NN)c1C. The average Bonchev–Trinajstić information content (AvgIpc) is 2.64. The zero-order valence-electron chi connectivity index (χ0n) is 11.8. The first-order valence-electron chi connectivity index (χ1n) is 6.41. The van der Waals surface area contributed by atoms with Crippen LogP contribution < -0.4 is 11.3 Å². The van der Waals surface area contributed by atoms with Crippen molar-refractivity contribution in [2.24, 2.45) is 5.84 Å². The summed E-state index contributed by atoms with van der Waals surface area (Å²) >= 11 is 6.07. The van der Waals surface area contributed by atoms with E-state index in [1.807, 2.05) is 20.8 Å². The number of hydrazine groups is 1. The van der Waals surface area contributed by atoms with Crippen LogP contribution in [-0.2, 0) is 6.42 Å². The highest BCUT2D eigenvalue weighted by molar-refractivity contribution is 6.31. The van der Waals surface area contributed by atoms with Crippen LogP contribution >= 0.6 is 11.6 Å². The lowest BCUT2D eigenvalue weighted by molar-refractivity contribution is 0.481. The van der Waals surface area contributed by atoms with E-state index in [-0.39, 0.29) is 11.9 Å². The monoisotopic (exact) mass is 296 g/mol. The molecule has 108 valence electrons. The van der Waals surface area contributed by atoms with Crippen LogP contribution in [0.4, 0.5) is 4.39 Å². The maximum atomic E-state index is 13.9. The number of hydrogen-bond donors (Lipinski definition) is 2. The second-order valence-electron chi connectivity index (χ2n) is 4.88. The number of aryl methyl sites for hydroxylation is 2. The number of furan rings is 1. The summed E-state index contributed by atoms with van der Waals surface area (Å²) in [6.07, 6.45) is 0.364. The zero-order chi connectivity index (χ0) is 14.9. The number of nitrogens with two attached hydrogens (primary N) is 1. The molecule has 20 heavy (non-hydrogen) atoms. The summed E-state index contributed by atoms with van der Waals surface area (Å²) in [6, 6.07) is 4.41. The molecule has 1 aromatic heterocycles. The van der Waals surface area contributed by atoms with Crippen LogP contribution in [0.15, 0.2) is 22.6 Å². The Kier molecular flexibility index (Phi) is 4.48. The van der Waals surface area contributed by atoms with Crippen LogP contribution in [0.25, 0.3) is 0 Å². The van der Waals surface area contributed by atoms with Crippen molar-refractivity contribution >= 4 is 11.6 Å². The van der Waals surface area contributed by atoms with Crippen molar-refractivity contribution < 1.29 is 8.81 Å². The Morgan fingerprint density at radius 2 is 2.00 bits per heavy atom. The lowest BCUT2D eigenvalue weighted by Gasteiger charge is -2.18. The normalized spacial score (nSPS) is 12.7. The number of nitrogens with one attached hydrogen (secondary N) is 1. The lowest BCUT2D eigenvalue weighted by Crippen LogP contribution is -2.30. The van der Waals surface area contributed by atoms with Gasteiger partial charge in [0.25, 0.3) is 0 Å². The Morgan fingerprint density at radius 3 is 2.50 bits per heavy atom. The van der Waals surface area contributed by atoms with Crippen LogP contribution in [0.3, 0.4) is 0 Å². The van der Waals surface area contributed by atoms with Gasteiger partial charge in [0.2, 0.25) is 0 Å². The first-order valence-corrected chi connectivity index (χ1v) is 6.79. The van der Waals surface area contributed by atoms with Gasteiger partial charge in [-0.3, -0.25) is 11.3 Å². The summed E-state index contributed by atoms with van der Waals surface area (Å²) in [5.74, 6) is 6.95. The van der Waals surface area contributed by atoms with Crippen LogP contribution in [0.5, 0.6) is 0 Å². The molecule has 0 saturated carbocycles. The van der Waals surface area contributed by atoms with Crippen molar-refractivity contribution in [2.75, 3.05) is 0 Å². The second-order valence-corrected chi connectivity index (χ2v) is 5.28. The van der Waals surface area contributed by atoms with E-state index in [0.717, 1.165) is 22.6 Å². The topological polar surface area (TPSA) is 51.2 Å². The molecule has 0 aliphatic carbocycles. The highest BCUT2D eigenvalue weighted by Crippen LogP contribution is 2.31. The molecule has 3 nitrogen and oxygen atoms in total. The van der Waals surface area contributed by atoms with E-state index < -0.39 is 0 Å². The minimum Gasteiger partial charge on any atom is -0.466 e. The van der Waals surface area contributed by atoms with Crippen LogP contribution in [0.2, 0.25) is 5.02 Å². The van der Waals surface area contributed by atoms with Gasteiger partial charge in [0.05, 0.1) is 6.04 Å². The smallest absolute Gasteiger partial charge is 0.127 e. The van der Waals surface area contributed by atoms with Gasteiger partial charge in [-0.05, 0) is 44.9 Å². The molecule has 1 heterocycles. The molecule has 0 saturated heterocycles. The van der Waals surface area contributed by atoms with Crippen molar-refractivity contribution in [3.8, 4) is 0 Å². The summed E-state index contributed by atoms with van der Waals surface area (Å²) < 4.78 is 19.5. The largest absolute Gasteiger partial charge is 0.466 e. The van der Waals surface area contributed by atoms with Gasteiger partial charge in [-0.1, -0.05) is 17.7 Å². The number of rotatable bonds is 4. The zero-order valence-corrected chi connectivity index (χ0v) is 12.5. The molecule has 1 atom stereocenters. The second kappa shape index (κ2) is 5.95. The van der Waals surface area contributed by atoms with Crippen molar-refractivity contribution in [1.29, 1.82) is 0 Å². The van der Waals surface area contributed by atoms with E-state index in [9.17, 15) is 4.39 Å². The molecule has 0 aliphatic rings. The molecule has 1 aromatic carbocycles. The molecule has 2 rings (SSSR count). The highest BCUT2D eigenvalue weighted by atomic mass is 35.5. The first-order chi connectivity index (χ1) is 9.45. The van der Waals surface area contributed by atoms with Gasteiger partial charge in [-0.15, -0.1) is 0 Å². The van der Waals surface area contributed by atoms with E-state index in [1.165, 1.54) is 6.07 Å². The molecular weight excluding hydrogens is 279 g/mol. The van der Waals surface area contributed by atoms with Crippen molar-refractivity contribution in [3.63, 3.8) is 0 Å². The van der Waals surface area contributed by atoms with Gasteiger partial charge in [0.1, 0.15) is 17.3 Å². The van der Waals surface area contributed by atoms with E-state index in [0.29, 0.717) is 17.0 Å². The van der Waals surface area contributed by atoms with Crippen molar-refractivity contribution in [3.05, 3.63) is 57.2 Å². The van der Waals surface area contributed by atoms with Gasteiger partial charge in [0.15, 0.2) is 0 Å². The predicted octanol–water partition coefficient (Wildman–Crippen LogP) is 3.74. The Balaban J connectivity index is 2.39. The molecule has 0 radical (unpaired) electrons. The molecule has 2 aromatic rings. The maximum Gasteiger partial charge on any atom is 0.127 e. The number of halogens is 2. The van der Waals surface area contributed by atoms with Gasteiger partial charge in [-0.25, -0.2) is 4.39 Å². The maximum absolute atomic E-state index is 13.9. The fourth-order valence-electron chi connectivity index (χ4n) is 2.50. The fourth-order valence-corrected chi connectivity index (χ4v) is 2.74. The van der Waals surface area contributed by atoms with Crippen LogP contribution in [0.1, 0.15) is 34.3 Å². The van der Waals surface area contributed by atoms with E-state index in [1.54, 1.807) is 12.1 Å². The van der Waals surface area contributed by atoms with E-state index in [4.69, 9.17) is 21.9 Å². The van der Waals surface area contributed by atoms with Gasteiger partial charge >= 0.3 is 0 Å². The number of hydrogen-bond acceptors (Lipinski definition) is 3. The van der Waals surface area contributed by atoms with Crippen LogP contribution in [-0.4, -0.2) is 0 Å². The lowest BCUT2D eigenvalue weighted by atomic mass is 9.96. The Hall–Kier alpha value is -1.36. The Morgan fingerprint density at radius 1 is 1.30 bits per heavy atom. The van der Waals surface area contributed by atoms with Crippen molar-refractivity contribution in [1.82, 2.24) is 5.43 Å². The minimum atomic E-state index is -0.326. The molecule has 0 aliphatic heterocycles. The summed E-state index contributed by atoms with van der Waals surface area (Å²) in [5.41, 5.74) is 5.17. The van der Waals surface area contributed by atoms with Crippen LogP contribution in [0, 0.1) is 26.6 Å². The molecule has 0 bridgehead atoms. The molecule has 0 amide bonds. The third-order valence-corrected chi connectivity index (χ3v) is 3.99. The predicted molar refractivity (Wildman–Crippen MR) is 78.1 cm³/mol. The standard InChI is InChI=1S/C15H18ClFN2O/c1-8-9(2)20-10(3)15(8)14(19-18)7-11-12(16)5-4-6-13(11)17/h4-6,14,19H,7,18H2,1-3H3. The summed E-state index contributed by atoms with van der Waals surface area (Å²) in [6.45, 7) is 5.74. The summed E-state index contributed by atoms with van der Waals surface area (Å²) in [7, 11) is 0. The summed E-state index contributed by atoms with van der Waals surface area (Å²) in [4.78, 5) is 0. The van der Waals surface area contributed by atoms with Crippen molar-refractivity contribution in [2.45, 2.75) is 33.2 Å². The quantitative estimate of drug-likeness (QED) is 0.667. The summed E-state index contributed by atoms with van der Waals surface area (Å²) in [5, 5.41) is 0.403. The molecule has 3 N–H and O–H groups in total. The third-order valence-electron chi connectivity index (χ3n) is 3.64. The van der Waals surface area contributed by atoms with E-state index in [2.05, 4.69) is 5.43 Å². The molecule has 0 spiro atoms. The van der Waals surface area contributed by atoms with E-state index >= 15 is 0 Å². The number of benzene rings is 1. The van der Waals surface area contributed by atoms with Gasteiger partial charge in [0, 0.05) is 16.1 Å². The Labute approximate surface area is 122 Å². The van der Waals surface area contributed by atoms with Gasteiger partial charge < -0.3 is 4.42 Å². The van der Waals surface area contributed by atoms with Gasteiger partial charge in [-0.2, -0.15) is 0 Å². The fraction of sp³-hybridized carbons (Fsp3) is 0.333. The third kappa shape index (κ3) is 2.73. The molecule has 0 fully saturated rings. The molecular formula is C15H18ClFN2O. The molecule has 5 heteroatoms. The molecule has 1 unspecified atom stereocenters. The minimum absolute atomic E-state index is 0.248. The Bertz CT molecular complexity index is 604.